The van der Waals surface area contributed by atoms with E-state index < -0.39 is 100 Å². The summed E-state index contributed by atoms with van der Waals surface area (Å²) in [5.41, 5.74) is -8.26. The monoisotopic (exact) mass is 574 g/mol. The zero-order valence-electron chi connectivity index (χ0n) is 24.7. The van der Waals surface area contributed by atoms with E-state index in [1.54, 1.807) is 32.9 Å². The number of ether oxygens (including phenoxy) is 3. The maximum atomic E-state index is 13.4. The van der Waals surface area contributed by atoms with Crippen LogP contribution >= 0.6 is 0 Å². The third kappa shape index (κ3) is 3.51. The summed E-state index contributed by atoms with van der Waals surface area (Å²) in [6.07, 6.45) is 4.13. The highest BCUT2D eigenvalue weighted by Gasteiger charge is 2.93. The molecular weight excluding hydrogens is 532 g/mol. The molecule has 10 nitrogen and oxygen atoms in total. The van der Waals surface area contributed by atoms with Crippen molar-refractivity contribution in [2.24, 2.45) is 35.0 Å². The number of rotatable bonds is 7. The Morgan fingerprint density at radius 3 is 2.46 bits per heavy atom. The predicted octanol–water partition coefficient (Wildman–Crippen LogP) is 1.39. The van der Waals surface area contributed by atoms with Gasteiger partial charge in [0.15, 0.2) is 17.0 Å². The molecule has 4 aliphatic carbocycles. The molecule has 41 heavy (non-hydrogen) atoms. The summed E-state index contributed by atoms with van der Waals surface area (Å²) < 4.78 is 18.3. The van der Waals surface area contributed by atoms with Crippen LogP contribution in [0, 0.1) is 35.0 Å². The summed E-state index contributed by atoms with van der Waals surface area (Å²) >= 11 is 0. The van der Waals surface area contributed by atoms with Crippen LogP contribution in [0.25, 0.3) is 0 Å². The number of aliphatic hydroxyl groups excluding tert-OH is 2. The van der Waals surface area contributed by atoms with Crippen LogP contribution in [0.2, 0.25) is 0 Å². The second-order valence-electron chi connectivity index (χ2n) is 13.2. The molecule has 12 unspecified atom stereocenters. The molecule has 0 aromatic rings. The number of Topliss-reactive ketones (excluding diaryl/α,β-unsaturated/α-hetero) is 1. The van der Waals surface area contributed by atoms with Crippen molar-refractivity contribution >= 4 is 17.7 Å². The third-order valence-electron chi connectivity index (χ3n) is 11.1. The van der Waals surface area contributed by atoms with E-state index in [1.165, 1.54) is 25.2 Å². The Morgan fingerprint density at radius 2 is 1.88 bits per heavy atom. The van der Waals surface area contributed by atoms with Gasteiger partial charge in [0.2, 0.25) is 0 Å². The molecule has 5 aliphatic rings. The van der Waals surface area contributed by atoms with Gasteiger partial charge >= 0.3 is 11.9 Å². The Balaban J connectivity index is 1.71. The molecule has 3 saturated carbocycles. The average molecular weight is 575 g/mol. The highest BCUT2D eigenvalue weighted by atomic mass is 16.6. The minimum absolute atomic E-state index is 0.154. The van der Waals surface area contributed by atoms with Crippen LogP contribution in [0.4, 0.5) is 0 Å². The molecule has 5 rings (SSSR count). The van der Waals surface area contributed by atoms with Gasteiger partial charge in [-0.25, -0.2) is 4.79 Å². The number of hydrogen-bond donors (Lipinski definition) is 4. The standard InChI is InChI=1S/C31H42O10/c1-8-10-11-12-19(33)39-23-17(5)29(37)18-13-16(4)22(34)30(18,38)26(36)28(14-32)24(40-28)20(29)21-27(6,7)31(21,23)41-25(35)15(3)9-2/h8,10-13,15,17-18,20-21,23-24,26,32,36-38H,9,14H2,1-7H3/b10-8+,12-11+. The van der Waals surface area contributed by atoms with Crippen molar-refractivity contribution in [1.82, 2.24) is 0 Å². The number of ketones is 1. The molecule has 4 N–H and O–H groups in total. The van der Waals surface area contributed by atoms with Crippen molar-refractivity contribution in [2.45, 2.75) is 95.6 Å². The van der Waals surface area contributed by atoms with Gasteiger partial charge in [0.25, 0.3) is 0 Å². The van der Waals surface area contributed by atoms with Gasteiger partial charge in [0, 0.05) is 35.2 Å². The van der Waals surface area contributed by atoms with Gasteiger partial charge < -0.3 is 34.6 Å². The highest BCUT2D eigenvalue weighted by molar-refractivity contribution is 6.05. The quantitative estimate of drug-likeness (QED) is 0.151. The van der Waals surface area contributed by atoms with Crippen LogP contribution in [-0.2, 0) is 28.6 Å². The SMILES string of the molecule is C/C=C/C=C/C(=O)OC1C(C)C2(O)C(C3OC3(CO)C(O)C3(O)C(=O)C(C)=CC32)C2C(C)(C)C12OC(=O)C(C)CC. The molecule has 1 heterocycles. The summed E-state index contributed by atoms with van der Waals surface area (Å²) in [5.74, 6) is -6.29. The van der Waals surface area contributed by atoms with Crippen LogP contribution in [0.5, 0.6) is 0 Å². The maximum absolute atomic E-state index is 13.4. The van der Waals surface area contributed by atoms with E-state index >= 15 is 0 Å². The minimum Gasteiger partial charge on any atom is -0.455 e. The van der Waals surface area contributed by atoms with Gasteiger partial charge in [-0.1, -0.05) is 58.9 Å². The second kappa shape index (κ2) is 9.31. The first kappa shape index (κ1) is 30.1. The fraction of sp³-hybridized carbons (Fsp3) is 0.710. The number of allylic oxidation sites excluding steroid dienone is 3. The Kier molecular flexibility index (Phi) is 6.84. The fourth-order valence-electron chi connectivity index (χ4n) is 8.51. The van der Waals surface area contributed by atoms with E-state index in [0.29, 0.717) is 6.42 Å². The maximum Gasteiger partial charge on any atom is 0.331 e. The van der Waals surface area contributed by atoms with Crippen molar-refractivity contribution in [3.05, 3.63) is 36.0 Å². The van der Waals surface area contributed by atoms with Gasteiger partial charge in [-0.3, -0.25) is 9.59 Å². The molecule has 1 saturated heterocycles. The molecule has 0 radical (unpaired) electrons. The predicted molar refractivity (Wildman–Crippen MR) is 145 cm³/mol. The first-order valence-corrected chi connectivity index (χ1v) is 14.5. The molecule has 10 heteroatoms. The molecule has 12 atom stereocenters. The largest absolute Gasteiger partial charge is 0.455 e. The zero-order valence-corrected chi connectivity index (χ0v) is 24.7. The molecule has 0 spiro atoms. The number of esters is 2. The van der Waals surface area contributed by atoms with E-state index in [9.17, 15) is 34.8 Å². The Bertz CT molecular complexity index is 1250. The summed E-state index contributed by atoms with van der Waals surface area (Å²) in [6.45, 7) is 11.5. The highest BCUT2D eigenvalue weighted by Crippen LogP contribution is 2.79. The van der Waals surface area contributed by atoms with Gasteiger partial charge in [-0.15, -0.1) is 0 Å². The molecule has 226 valence electrons. The first-order valence-electron chi connectivity index (χ1n) is 14.5. The Morgan fingerprint density at radius 1 is 1.22 bits per heavy atom. The molecule has 0 bridgehead atoms. The van der Waals surface area contributed by atoms with E-state index in [1.807, 2.05) is 20.8 Å². The van der Waals surface area contributed by atoms with Crippen molar-refractivity contribution in [3.8, 4) is 0 Å². The van der Waals surface area contributed by atoms with Crippen molar-refractivity contribution < 1.29 is 49.0 Å². The van der Waals surface area contributed by atoms with Crippen molar-refractivity contribution in [2.75, 3.05) is 6.61 Å². The van der Waals surface area contributed by atoms with Crippen molar-refractivity contribution in [3.63, 3.8) is 0 Å². The lowest BCUT2D eigenvalue weighted by molar-refractivity contribution is -0.244. The van der Waals surface area contributed by atoms with Crippen molar-refractivity contribution in [1.29, 1.82) is 0 Å². The molecule has 1 aliphatic heterocycles. The van der Waals surface area contributed by atoms with Crippen LogP contribution in [0.15, 0.2) is 36.0 Å². The number of carbonyl (C=O) groups excluding carboxylic acids is 3. The van der Waals surface area contributed by atoms with Gasteiger partial charge in [0.05, 0.1) is 24.2 Å². The van der Waals surface area contributed by atoms with E-state index in [-0.39, 0.29) is 5.57 Å². The fourth-order valence-corrected chi connectivity index (χ4v) is 8.51. The summed E-state index contributed by atoms with van der Waals surface area (Å²) in [4.78, 5) is 39.9. The first-order chi connectivity index (χ1) is 19.1. The Hall–Kier alpha value is -2.37. The number of fused-ring (bicyclic) bond motifs is 7. The number of epoxide rings is 1. The second-order valence-corrected chi connectivity index (χ2v) is 13.2. The Labute approximate surface area is 240 Å². The number of hydrogen-bond acceptors (Lipinski definition) is 10. The third-order valence-corrected chi connectivity index (χ3v) is 11.1. The molecule has 4 fully saturated rings. The van der Waals surface area contributed by atoms with Gasteiger partial charge in [-0.05, 0) is 25.8 Å². The lowest BCUT2D eigenvalue weighted by atomic mass is 9.58. The zero-order chi connectivity index (χ0) is 30.5. The molecule has 0 aromatic carbocycles. The average Bonchev–Trinajstić information content (AvgIpc) is 3.76. The van der Waals surface area contributed by atoms with E-state index in [0.717, 1.165) is 0 Å². The van der Waals surface area contributed by atoms with E-state index in [4.69, 9.17) is 14.2 Å². The minimum atomic E-state index is -2.49. The van der Waals surface area contributed by atoms with Crippen LogP contribution in [-0.4, -0.2) is 85.5 Å². The lowest BCUT2D eigenvalue weighted by Gasteiger charge is -2.53. The number of aliphatic hydroxyl groups is 4. The molecule has 0 amide bonds. The number of carbonyl (C=O) groups is 3. The summed E-state index contributed by atoms with van der Waals surface area (Å²) in [7, 11) is 0. The van der Waals surface area contributed by atoms with Crippen LogP contribution in [0.3, 0.4) is 0 Å². The van der Waals surface area contributed by atoms with E-state index in [2.05, 4.69) is 0 Å². The van der Waals surface area contributed by atoms with Crippen LogP contribution in [0.1, 0.15) is 54.9 Å². The normalized spacial score (nSPS) is 47.9. The molecular formula is C31H42O10. The smallest absolute Gasteiger partial charge is 0.331 e. The lowest BCUT2D eigenvalue weighted by Crippen LogP contribution is -2.69. The summed E-state index contributed by atoms with van der Waals surface area (Å²) in [5, 5.41) is 46.8. The molecule has 0 aromatic heterocycles. The topological polar surface area (TPSA) is 163 Å². The van der Waals surface area contributed by atoms with Gasteiger partial charge in [-0.2, -0.15) is 0 Å². The van der Waals surface area contributed by atoms with Gasteiger partial charge in [0.1, 0.15) is 17.8 Å². The summed E-state index contributed by atoms with van der Waals surface area (Å²) in [6, 6.07) is 0. The van der Waals surface area contributed by atoms with Crippen LogP contribution < -0.4 is 0 Å².